The monoisotopic (exact) mass is 337 g/mol. The molecule has 1 heterocycles. The minimum atomic E-state index is -0.519. The number of ether oxygens (including phenoxy) is 2. The summed E-state index contributed by atoms with van der Waals surface area (Å²) in [7, 11) is 1.42. The van der Waals surface area contributed by atoms with Crippen LogP contribution >= 0.6 is 12.2 Å². The van der Waals surface area contributed by atoms with Crippen LogP contribution in [0.4, 0.5) is 5.69 Å². The average Bonchev–Trinajstić information content (AvgIpc) is 2.95. The Kier molecular flexibility index (Phi) is 5.41. The van der Waals surface area contributed by atoms with E-state index in [0.717, 1.165) is 6.42 Å². The fourth-order valence-corrected chi connectivity index (χ4v) is 1.92. The number of methoxy groups -OCH3 is 1. The first-order valence-electron chi connectivity index (χ1n) is 6.72. The van der Waals surface area contributed by atoms with E-state index < -0.39 is 4.92 Å². The van der Waals surface area contributed by atoms with E-state index in [4.69, 9.17) is 21.7 Å². The second-order valence-electron chi connectivity index (χ2n) is 4.43. The first-order chi connectivity index (χ1) is 11.1. The maximum atomic E-state index is 11.3. The molecule has 0 unspecified atom stereocenters. The minimum absolute atomic E-state index is 0.108. The number of H-pyrrole nitrogens is 1. The van der Waals surface area contributed by atoms with Crippen LogP contribution in [0.3, 0.4) is 0 Å². The maximum absolute atomic E-state index is 11.3. The van der Waals surface area contributed by atoms with Crippen LogP contribution in [0.15, 0.2) is 23.6 Å². The number of nitrogens with zero attached hydrogens (tertiary/aromatic N) is 4. The Hall–Kier alpha value is -2.75. The molecule has 0 aliphatic carbocycles. The molecular formula is C13H15N5O4S. The quantitative estimate of drug-likeness (QED) is 0.360. The van der Waals surface area contributed by atoms with Crippen molar-refractivity contribution >= 4 is 24.1 Å². The highest BCUT2D eigenvalue weighted by molar-refractivity contribution is 7.71. The minimum Gasteiger partial charge on any atom is -0.493 e. The molecule has 0 saturated carbocycles. The number of rotatable bonds is 7. The van der Waals surface area contributed by atoms with Crippen LogP contribution in [0.1, 0.15) is 18.9 Å². The fourth-order valence-electron chi connectivity index (χ4n) is 1.77. The average molecular weight is 337 g/mol. The standard InChI is InChI=1S/C13H15N5O4S/c1-3-4-22-12-10(18(19)20)5-9(6-11(12)21-2)7-15-17-8-14-16-13(17)23/h5-8H,3-4H2,1-2H3,(H,16,23)/b15-7-. The molecule has 0 bridgehead atoms. The summed E-state index contributed by atoms with van der Waals surface area (Å²) >= 11 is 4.96. The van der Waals surface area contributed by atoms with Gasteiger partial charge in [0.05, 0.1) is 24.9 Å². The number of nitro benzene ring substituents is 1. The summed E-state index contributed by atoms with van der Waals surface area (Å²) < 4.78 is 12.3. The van der Waals surface area contributed by atoms with Gasteiger partial charge in [0.25, 0.3) is 0 Å². The van der Waals surface area contributed by atoms with Crippen molar-refractivity contribution in [3.8, 4) is 11.5 Å². The van der Waals surface area contributed by atoms with Crippen molar-refractivity contribution in [1.29, 1.82) is 0 Å². The van der Waals surface area contributed by atoms with Crippen LogP contribution in [0.2, 0.25) is 0 Å². The zero-order valence-corrected chi connectivity index (χ0v) is 13.4. The second-order valence-corrected chi connectivity index (χ2v) is 4.81. The Balaban J connectivity index is 2.43. The molecule has 0 amide bonds. The molecule has 0 radical (unpaired) electrons. The number of aromatic nitrogens is 3. The van der Waals surface area contributed by atoms with E-state index in [-0.39, 0.29) is 17.2 Å². The van der Waals surface area contributed by atoms with Gasteiger partial charge in [-0.05, 0) is 24.7 Å². The van der Waals surface area contributed by atoms with E-state index in [2.05, 4.69) is 15.3 Å². The van der Waals surface area contributed by atoms with Crippen molar-refractivity contribution in [2.45, 2.75) is 13.3 Å². The summed E-state index contributed by atoms with van der Waals surface area (Å²) in [5, 5.41) is 21.6. The summed E-state index contributed by atoms with van der Waals surface area (Å²) in [5.41, 5.74) is 0.288. The van der Waals surface area contributed by atoms with Gasteiger partial charge in [-0.1, -0.05) is 6.92 Å². The predicted octanol–water partition coefficient (Wildman–Crippen LogP) is 2.53. The Morgan fingerprint density at radius 1 is 1.57 bits per heavy atom. The van der Waals surface area contributed by atoms with Crippen LogP contribution in [-0.2, 0) is 0 Å². The summed E-state index contributed by atoms with van der Waals surface area (Å²) in [6.07, 6.45) is 3.54. The molecule has 0 spiro atoms. The highest BCUT2D eigenvalue weighted by atomic mass is 32.1. The van der Waals surface area contributed by atoms with Crippen molar-refractivity contribution in [2.24, 2.45) is 5.10 Å². The van der Waals surface area contributed by atoms with Gasteiger partial charge in [-0.2, -0.15) is 14.9 Å². The number of hydrogen-bond acceptors (Lipinski definition) is 7. The molecule has 9 nitrogen and oxygen atoms in total. The third kappa shape index (κ3) is 3.92. The first kappa shape index (κ1) is 16.6. The topological polar surface area (TPSA) is 108 Å². The van der Waals surface area contributed by atoms with Crippen molar-refractivity contribution in [2.75, 3.05) is 13.7 Å². The molecule has 23 heavy (non-hydrogen) atoms. The third-order valence-corrected chi connectivity index (χ3v) is 3.07. The lowest BCUT2D eigenvalue weighted by atomic mass is 10.2. The summed E-state index contributed by atoms with van der Waals surface area (Å²) in [6.45, 7) is 2.27. The molecule has 1 aromatic heterocycles. The highest BCUT2D eigenvalue weighted by Crippen LogP contribution is 2.38. The van der Waals surface area contributed by atoms with Crippen molar-refractivity contribution in [3.05, 3.63) is 38.9 Å². The van der Waals surface area contributed by atoms with Crippen LogP contribution < -0.4 is 9.47 Å². The Bertz CT molecular complexity index is 783. The number of benzene rings is 1. The van der Waals surface area contributed by atoms with Crippen LogP contribution in [-0.4, -0.2) is 39.7 Å². The van der Waals surface area contributed by atoms with Gasteiger partial charge in [-0.3, -0.25) is 15.2 Å². The Morgan fingerprint density at radius 3 is 2.91 bits per heavy atom. The lowest BCUT2D eigenvalue weighted by molar-refractivity contribution is -0.386. The molecule has 0 aliphatic heterocycles. The Morgan fingerprint density at radius 2 is 2.35 bits per heavy atom. The molecule has 10 heteroatoms. The van der Waals surface area contributed by atoms with Gasteiger partial charge in [-0.25, -0.2) is 0 Å². The number of aromatic amines is 1. The van der Waals surface area contributed by atoms with Gasteiger partial charge >= 0.3 is 5.69 Å². The van der Waals surface area contributed by atoms with Crippen molar-refractivity contribution < 1.29 is 14.4 Å². The van der Waals surface area contributed by atoms with E-state index >= 15 is 0 Å². The molecule has 0 saturated heterocycles. The van der Waals surface area contributed by atoms with Crippen LogP contribution in [0, 0.1) is 14.9 Å². The fraction of sp³-hybridized carbons (Fsp3) is 0.308. The molecule has 2 rings (SSSR count). The molecular weight excluding hydrogens is 322 g/mol. The van der Waals surface area contributed by atoms with Gasteiger partial charge in [-0.15, -0.1) is 0 Å². The summed E-state index contributed by atoms with van der Waals surface area (Å²) in [4.78, 5) is 10.8. The summed E-state index contributed by atoms with van der Waals surface area (Å²) in [6, 6.07) is 2.96. The SMILES string of the molecule is CCCOc1c(OC)cc(/C=N\n2cn[nH]c2=S)cc1[N+](=O)[O-]. The normalized spacial score (nSPS) is 10.9. The van der Waals surface area contributed by atoms with Gasteiger partial charge in [0.1, 0.15) is 6.33 Å². The van der Waals surface area contributed by atoms with Gasteiger partial charge in [0.2, 0.25) is 10.5 Å². The zero-order chi connectivity index (χ0) is 16.8. The van der Waals surface area contributed by atoms with Gasteiger partial charge in [0.15, 0.2) is 5.75 Å². The van der Waals surface area contributed by atoms with E-state index in [1.165, 1.54) is 30.4 Å². The van der Waals surface area contributed by atoms with E-state index in [1.54, 1.807) is 6.07 Å². The second kappa shape index (κ2) is 7.49. The van der Waals surface area contributed by atoms with Gasteiger partial charge < -0.3 is 9.47 Å². The van der Waals surface area contributed by atoms with Crippen LogP contribution in [0.25, 0.3) is 0 Å². The van der Waals surface area contributed by atoms with Crippen molar-refractivity contribution in [1.82, 2.24) is 14.9 Å². The molecule has 1 aromatic carbocycles. The van der Waals surface area contributed by atoms with E-state index in [1.807, 2.05) is 6.92 Å². The highest BCUT2D eigenvalue weighted by Gasteiger charge is 2.21. The number of nitro groups is 1. The van der Waals surface area contributed by atoms with E-state index in [0.29, 0.717) is 16.9 Å². The molecule has 0 fully saturated rings. The Labute approximate surface area is 136 Å². The number of nitrogens with one attached hydrogen (secondary N) is 1. The smallest absolute Gasteiger partial charge is 0.315 e. The lowest BCUT2D eigenvalue weighted by Crippen LogP contribution is -2.03. The molecule has 0 atom stereocenters. The predicted molar refractivity (Wildman–Crippen MR) is 85.8 cm³/mol. The summed E-state index contributed by atoms with van der Waals surface area (Å²) in [5.74, 6) is 0.376. The van der Waals surface area contributed by atoms with Gasteiger partial charge in [0, 0.05) is 11.6 Å². The van der Waals surface area contributed by atoms with Crippen LogP contribution in [0.5, 0.6) is 11.5 Å². The molecule has 1 N–H and O–H groups in total. The first-order valence-corrected chi connectivity index (χ1v) is 7.13. The van der Waals surface area contributed by atoms with E-state index in [9.17, 15) is 10.1 Å². The maximum Gasteiger partial charge on any atom is 0.315 e. The number of hydrogen-bond donors (Lipinski definition) is 1. The van der Waals surface area contributed by atoms with Crippen molar-refractivity contribution in [3.63, 3.8) is 0 Å². The molecule has 122 valence electrons. The largest absolute Gasteiger partial charge is 0.493 e. The lowest BCUT2D eigenvalue weighted by Gasteiger charge is -2.11. The zero-order valence-electron chi connectivity index (χ0n) is 12.6. The molecule has 2 aromatic rings. The third-order valence-electron chi connectivity index (χ3n) is 2.79. The molecule has 0 aliphatic rings.